The third kappa shape index (κ3) is 16.6. The second kappa shape index (κ2) is 9.38. The minimum absolute atomic E-state index is 0. The molecule has 0 amide bonds. The second-order valence-electron chi connectivity index (χ2n) is 0.154. The van der Waals surface area contributed by atoms with E-state index in [1.165, 1.54) is 0 Å². The molecule has 0 nitrogen and oxygen atoms in total. The minimum atomic E-state index is 0. The molecule has 0 unspecified atom stereocenters. The van der Waals surface area contributed by atoms with E-state index in [9.17, 15) is 4.39 Å². The monoisotopic (exact) mass is 70.0 g/mol. The van der Waals surface area contributed by atoms with Crippen LogP contribution in [-0.2, 0) is 0 Å². The Morgan fingerprint density at radius 2 is 2.00 bits per heavy atom. The van der Waals surface area contributed by atoms with Gasteiger partial charge in [0.1, 0.15) is 0 Å². The smallest absolute Gasteiger partial charge is 1.00 e. The second-order valence-corrected chi connectivity index (χ2v) is 0.154. The predicted octanol–water partition coefficient (Wildman–Crippen LogP) is -1.78. The molecule has 0 N–H and O–H groups in total. The summed E-state index contributed by atoms with van der Waals surface area (Å²) in [5.41, 5.74) is 0. The number of halogens is 1. The van der Waals surface area contributed by atoms with Crippen molar-refractivity contribution in [3.05, 3.63) is 12.9 Å². The first-order valence-corrected chi connectivity index (χ1v) is 0.626. The molecular formula is C2H4FNa. The molecule has 0 saturated heterocycles. The van der Waals surface area contributed by atoms with Gasteiger partial charge in [-0.3, -0.25) is 0 Å². The van der Waals surface area contributed by atoms with Crippen LogP contribution in [0.2, 0.25) is 0 Å². The zero-order valence-electron chi connectivity index (χ0n) is 3.66. The van der Waals surface area contributed by atoms with Crippen molar-refractivity contribution >= 4 is 0 Å². The van der Waals surface area contributed by atoms with E-state index in [0.29, 0.717) is 0 Å². The predicted molar refractivity (Wildman–Crippen MR) is 12.4 cm³/mol. The summed E-state index contributed by atoms with van der Waals surface area (Å²) < 4.78 is 10.1. The van der Waals surface area contributed by atoms with Gasteiger partial charge in [-0.25, -0.2) is 4.39 Å². The first-order valence-electron chi connectivity index (χ1n) is 0.626. The van der Waals surface area contributed by atoms with E-state index < -0.39 is 0 Å². The summed E-state index contributed by atoms with van der Waals surface area (Å²) >= 11 is 0. The maximum absolute atomic E-state index is 10.1. The Morgan fingerprint density at radius 1 is 2.00 bits per heavy atom. The van der Waals surface area contributed by atoms with Gasteiger partial charge in [0.15, 0.2) is 0 Å². The Balaban J connectivity index is -0.0000000200. The Labute approximate surface area is 48.5 Å². The quantitative estimate of drug-likeness (QED) is 0.295. The maximum Gasteiger partial charge on any atom is 1.00 e. The van der Waals surface area contributed by atoms with Crippen molar-refractivity contribution < 1.29 is 35.4 Å². The molecule has 0 atom stereocenters. The maximum atomic E-state index is 10.1. The summed E-state index contributed by atoms with van der Waals surface area (Å²) in [6.45, 7) is 2.69. The fourth-order valence-corrected chi connectivity index (χ4v) is 0. The molecule has 0 saturated carbocycles. The van der Waals surface area contributed by atoms with Crippen molar-refractivity contribution in [2.75, 3.05) is 0 Å². The van der Waals surface area contributed by atoms with Crippen molar-refractivity contribution in [3.8, 4) is 0 Å². The Hall–Kier alpha value is 0.670. The largest absolute Gasteiger partial charge is 1.00 e. The van der Waals surface area contributed by atoms with Gasteiger partial charge in [0.2, 0.25) is 0 Å². The first-order chi connectivity index (χ1) is 1.41. The van der Waals surface area contributed by atoms with Gasteiger partial charge in [-0.1, -0.05) is 6.58 Å². The Kier molecular flexibility index (Phi) is 20.7. The number of rotatable bonds is 0. The molecule has 0 aliphatic heterocycles. The third-order valence-electron chi connectivity index (χ3n) is 0. The molecule has 0 bridgehead atoms. The van der Waals surface area contributed by atoms with Crippen molar-refractivity contribution in [2.45, 2.75) is 0 Å². The summed E-state index contributed by atoms with van der Waals surface area (Å²) in [6.07, 6.45) is 0.250. The average molecular weight is 70.0 g/mol. The molecule has 0 aliphatic rings. The molecule has 0 heterocycles. The van der Waals surface area contributed by atoms with Gasteiger partial charge in [-0.05, 0) is 0 Å². The van der Waals surface area contributed by atoms with Gasteiger partial charge in [0, 0.05) is 0 Å². The fourth-order valence-electron chi connectivity index (χ4n) is 0. The van der Waals surface area contributed by atoms with E-state index in [4.69, 9.17) is 0 Å². The van der Waals surface area contributed by atoms with Gasteiger partial charge < -0.3 is 1.43 Å². The normalized spacial score (nSPS) is 3.25. The van der Waals surface area contributed by atoms with E-state index in [-0.39, 0.29) is 37.3 Å². The molecule has 0 aromatic heterocycles. The summed E-state index contributed by atoms with van der Waals surface area (Å²) in [5.74, 6) is 0. The molecule has 0 aliphatic carbocycles. The van der Waals surface area contributed by atoms with Gasteiger partial charge in [-0.15, -0.1) is 0 Å². The molecule has 4 heavy (non-hydrogen) atoms. The van der Waals surface area contributed by atoms with Gasteiger partial charge in [-0.2, -0.15) is 0 Å². The SMILES string of the molecule is C=CF.[H-].[Na+]. The molecule has 0 radical (unpaired) electrons. The zero-order valence-corrected chi connectivity index (χ0v) is 4.66. The van der Waals surface area contributed by atoms with Crippen LogP contribution in [0.15, 0.2) is 12.9 Å². The van der Waals surface area contributed by atoms with Gasteiger partial charge >= 0.3 is 29.6 Å². The van der Waals surface area contributed by atoms with Crippen LogP contribution in [0, 0.1) is 0 Å². The Bertz CT molecular complexity index is 17.1. The van der Waals surface area contributed by atoms with E-state index in [1.807, 2.05) is 0 Å². The van der Waals surface area contributed by atoms with Crippen LogP contribution in [0.25, 0.3) is 0 Å². The summed E-state index contributed by atoms with van der Waals surface area (Å²) in [5, 5.41) is 0. The fraction of sp³-hybridized carbons (Fsp3) is 0. The van der Waals surface area contributed by atoms with E-state index in [1.54, 1.807) is 0 Å². The molecule has 0 fully saturated rings. The molecule has 0 spiro atoms. The minimum Gasteiger partial charge on any atom is -1.00 e. The van der Waals surface area contributed by atoms with Crippen LogP contribution < -0.4 is 29.6 Å². The standard InChI is InChI=1S/C2H3F.Na.H/c1-2-3;;/h2H,1H2;;/q;+1;-1. The van der Waals surface area contributed by atoms with Crippen molar-refractivity contribution in [1.82, 2.24) is 0 Å². The zero-order chi connectivity index (χ0) is 2.71. The molecule has 2 heteroatoms. The van der Waals surface area contributed by atoms with Crippen LogP contribution in [0.1, 0.15) is 1.43 Å². The first kappa shape index (κ1) is 8.82. The van der Waals surface area contributed by atoms with Crippen LogP contribution in [0.4, 0.5) is 4.39 Å². The summed E-state index contributed by atoms with van der Waals surface area (Å²) in [7, 11) is 0. The third-order valence-corrected chi connectivity index (χ3v) is 0. The molecule has 20 valence electrons. The van der Waals surface area contributed by atoms with Crippen LogP contribution >= 0.6 is 0 Å². The Morgan fingerprint density at radius 3 is 2.00 bits per heavy atom. The summed E-state index contributed by atoms with van der Waals surface area (Å²) in [4.78, 5) is 0. The van der Waals surface area contributed by atoms with E-state index >= 15 is 0 Å². The molecule has 0 aromatic carbocycles. The van der Waals surface area contributed by atoms with Crippen molar-refractivity contribution in [1.29, 1.82) is 0 Å². The average Bonchev–Trinajstić information content (AvgIpc) is 0.918. The molecular weight excluding hydrogens is 66.0 g/mol. The van der Waals surface area contributed by atoms with Crippen LogP contribution in [-0.4, -0.2) is 0 Å². The van der Waals surface area contributed by atoms with Crippen molar-refractivity contribution in [2.24, 2.45) is 0 Å². The van der Waals surface area contributed by atoms with Crippen LogP contribution in [0.5, 0.6) is 0 Å². The van der Waals surface area contributed by atoms with Crippen molar-refractivity contribution in [3.63, 3.8) is 0 Å². The van der Waals surface area contributed by atoms with Crippen LogP contribution in [0.3, 0.4) is 0 Å². The summed E-state index contributed by atoms with van der Waals surface area (Å²) in [6, 6.07) is 0. The topological polar surface area (TPSA) is 0 Å². The number of hydrogen-bond acceptors (Lipinski definition) is 0. The molecule has 0 aromatic rings. The van der Waals surface area contributed by atoms with E-state index in [2.05, 4.69) is 6.58 Å². The van der Waals surface area contributed by atoms with E-state index in [0.717, 1.165) is 0 Å². The number of hydrogen-bond donors (Lipinski definition) is 0. The molecule has 0 rings (SSSR count). The van der Waals surface area contributed by atoms with Gasteiger partial charge in [0.05, 0.1) is 6.33 Å². The van der Waals surface area contributed by atoms with Gasteiger partial charge in [0.25, 0.3) is 0 Å².